The summed E-state index contributed by atoms with van der Waals surface area (Å²) in [6.45, 7) is 0.433. The zero-order valence-electron chi connectivity index (χ0n) is 27.7. The van der Waals surface area contributed by atoms with Crippen molar-refractivity contribution in [3.05, 3.63) is 142 Å². The van der Waals surface area contributed by atoms with E-state index in [4.69, 9.17) is 4.74 Å². The minimum atomic E-state index is -4.01. The van der Waals surface area contributed by atoms with Crippen LogP contribution in [0.5, 0.6) is 0 Å². The molecule has 260 valence electrons. The Kier molecular flexibility index (Phi) is 12.1. The van der Waals surface area contributed by atoms with Crippen LogP contribution in [-0.2, 0) is 78.5 Å². The third-order valence-corrected chi connectivity index (χ3v) is 9.56. The molecular weight excluding hydrogens is 657 g/mol. The number of rotatable bonds is 5. The van der Waals surface area contributed by atoms with E-state index >= 15 is 0 Å². The van der Waals surface area contributed by atoms with Gasteiger partial charge in [-0.1, -0.05) is 103 Å². The van der Waals surface area contributed by atoms with Crippen LogP contribution in [0.15, 0.2) is 103 Å². The fourth-order valence-electron chi connectivity index (χ4n) is 5.80. The van der Waals surface area contributed by atoms with Crippen molar-refractivity contribution in [2.75, 3.05) is 7.11 Å². The maximum Gasteiger partial charge on any atom is 0.328 e. The highest BCUT2D eigenvalue weighted by atomic mass is 32.2. The Bertz CT molecular complexity index is 1950. The number of carbonyl (C=O) groups is 4. The first-order valence-electron chi connectivity index (χ1n) is 16.2. The van der Waals surface area contributed by atoms with Gasteiger partial charge in [0.05, 0.1) is 25.7 Å². The molecule has 1 aliphatic heterocycles. The maximum atomic E-state index is 13.9. The van der Waals surface area contributed by atoms with Crippen LogP contribution in [0.4, 0.5) is 0 Å². The second kappa shape index (κ2) is 16.9. The number of esters is 1. The first-order valence-corrected chi connectivity index (χ1v) is 17.9. The zero-order valence-corrected chi connectivity index (χ0v) is 28.5. The molecule has 1 heterocycles. The van der Waals surface area contributed by atoms with Crippen molar-refractivity contribution in [3.8, 4) is 0 Å². The van der Waals surface area contributed by atoms with E-state index in [-0.39, 0.29) is 56.3 Å². The van der Waals surface area contributed by atoms with Crippen molar-refractivity contribution in [1.82, 2.24) is 20.7 Å². The molecule has 6 bridgehead atoms. The summed E-state index contributed by atoms with van der Waals surface area (Å²) in [5.41, 5.74) is 4.96. The minimum absolute atomic E-state index is 0.0303. The molecule has 4 aromatic carbocycles. The van der Waals surface area contributed by atoms with E-state index in [0.29, 0.717) is 16.7 Å². The van der Waals surface area contributed by atoms with Gasteiger partial charge >= 0.3 is 5.97 Å². The van der Waals surface area contributed by atoms with Crippen LogP contribution in [0.25, 0.3) is 0 Å². The second-order valence-electron chi connectivity index (χ2n) is 12.3. The normalized spacial score (nSPS) is 17.8. The van der Waals surface area contributed by atoms with Crippen LogP contribution in [0, 0.1) is 0 Å². The van der Waals surface area contributed by atoms with Crippen LogP contribution in [0.2, 0.25) is 0 Å². The molecule has 2 atom stereocenters. The molecule has 1 aliphatic rings. The summed E-state index contributed by atoms with van der Waals surface area (Å²) < 4.78 is 34.3. The quantitative estimate of drug-likeness (QED) is 0.234. The topological polar surface area (TPSA) is 160 Å². The first kappa shape index (κ1) is 36.0. The lowest BCUT2D eigenvalue weighted by molar-refractivity contribution is -0.145. The number of nitrogens with one attached hydrogen (secondary N) is 4. The van der Waals surface area contributed by atoms with E-state index in [1.165, 1.54) is 7.11 Å². The Hall–Kier alpha value is -5.33. The monoisotopic (exact) mass is 696 g/mol. The third-order valence-electron chi connectivity index (χ3n) is 8.20. The van der Waals surface area contributed by atoms with Gasteiger partial charge < -0.3 is 20.7 Å². The fourth-order valence-corrected chi connectivity index (χ4v) is 7.14. The van der Waals surface area contributed by atoms with Crippen molar-refractivity contribution < 1.29 is 32.3 Å². The minimum Gasteiger partial charge on any atom is -0.467 e. The highest BCUT2D eigenvalue weighted by Gasteiger charge is 2.30. The van der Waals surface area contributed by atoms with Gasteiger partial charge in [-0.15, -0.1) is 0 Å². The molecule has 0 aromatic heterocycles. The van der Waals surface area contributed by atoms with E-state index in [2.05, 4.69) is 20.7 Å². The molecular formula is C38H40N4O7S. The van der Waals surface area contributed by atoms with E-state index in [9.17, 15) is 27.6 Å². The highest BCUT2D eigenvalue weighted by Crippen LogP contribution is 2.14. The molecule has 0 radical (unpaired) electrons. The smallest absolute Gasteiger partial charge is 0.328 e. The average molecular weight is 697 g/mol. The van der Waals surface area contributed by atoms with Gasteiger partial charge in [0.2, 0.25) is 27.7 Å². The van der Waals surface area contributed by atoms with Gasteiger partial charge in [-0.2, -0.15) is 0 Å². The first-order chi connectivity index (χ1) is 24.0. The van der Waals surface area contributed by atoms with Crippen molar-refractivity contribution in [1.29, 1.82) is 0 Å². The van der Waals surface area contributed by atoms with Gasteiger partial charge in [0, 0.05) is 19.5 Å². The summed E-state index contributed by atoms with van der Waals surface area (Å²) >= 11 is 0. The molecule has 0 unspecified atom stereocenters. The molecule has 0 spiro atoms. The van der Waals surface area contributed by atoms with Crippen molar-refractivity contribution in [3.63, 3.8) is 0 Å². The Morgan fingerprint density at radius 2 is 1.20 bits per heavy atom. The second-order valence-corrected chi connectivity index (χ2v) is 14.0. The lowest BCUT2D eigenvalue weighted by Crippen LogP contribution is -2.53. The molecule has 4 N–H and O–H groups in total. The van der Waals surface area contributed by atoms with E-state index in [1.54, 1.807) is 60.7 Å². The SMILES string of the molecule is COC(=O)[C@@H]1Cc2cccc(c2)CNC(=O)Cc2cccc(c2)CC(=O)NCc2cccc(c2)C[C@@H](NS(=O)(=O)Cc2ccccc2)C(=O)N1. The molecule has 3 amide bonds. The largest absolute Gasteiger partial charge is 0.467 e. The molecule has 4 aromatic rings. The summed E-state index contributed by atoms with van der Waals surface area (Å²) in [4.78, 5) is 52.5. The number of sulfonamides is 1. The number of ether oxygens (including phenoxy) is 1. The number of amides is 3. The van der Waals surface area contributed by atoms with Gasteiger partial charge in [-0.3, -0.25) is 14.4 Å². The van der Waals surface area contributed by atoms with Crippen LogP contribution >= 0.6 is 0 Å². The van der Waals surface area contributed by atoms with Gasteiger partial charge in [0.15, 0.2) is 0 Å². The van der Waals surface area contributed by atoms with Crippen molar-refractivity contribution >= 4 is 33.7 Å². The molecule has 0 saturated carbocycles. The summed E-state index contributed by atoms with van der Waals surface area (Å²) in [7, 11) is -2.80. The lowest BCUT2D eigenvalue weighted by atomic mass is 10.0. The lowest BCUT2D eigenvalue weighted by Gasteiger charge is -2.23. The number of benzene rings is 4. The number of hydrogen-bond acceptors (Lipinski definition) is 7. The van der Waals surface area contributed by atoms with E-state index in [1.807, 2.05) is 42.5 Å². The molecule has 0 fully saturated rings. The predicted octanol–water partition coefficient (Wildman–Crippen LogP) is 2.65. The molecule has 0 saturated heterocycles. The maximum absolute atomic E-state index is 13.9. The van der Waals surface area contributed by atoms with Gasteiger partial charge in [-0.05, 0) is 45.4 Å². The zero-order chi connectivity index (χ0) is 35.5. The molecule has 50 heavy (non-hydrogen) atoms. The summed E-state index contributed by atoms with van der Waals surface area (Å²) in [5, 5.41) is 8.53. The average Bonchev–Trinajstić information content (AvgIpc) is 3.09. The third kappa shape index (κ3) is 10.8. The number of hydrogen-bond donors (Lipinski definition) is 4. The Morgan fingerprint density at radius 1 is 0.700 bits per heavy atom. The standard InChI is InChI=1S/C38H40N4O7S/c1-49-38(46)34-20-28-11-7-15-32(18-28)24-40-36(44)22-30-13-5-12-29(16-30)21-35(43)39-23-31-14-6-10-27(17-31)19-33(37(45)41-34)42-50(47,48)25-26-8-3-2-4-9-26/h2-18,33-34,42H,19-25H2,1H3,(H,39,43)(H,40,44)(H,41,45)/t33-,34+/m1/s1. The summed E-state index contributed by atoms with van der Waals surface area (Å²) in [5.74, 6) is -2.17. The van der Waals surface area contributed by atoms with Crippen LogP contribution in [0.3, 0.4) is 0 Å². The van der Waals surface area contributed by atoms with Crippen LogP contribution in [0.1, 0.15) is 38.9 Å². The highest BCUT2D eigenvalue weighted by molar-refractivity contribution is 7.88. The van der Waals surface area contributed by atoms with Gasteiger partial charge in [-0.25, -0.2) is 17.9 Å². The number of methoxy groups -OCH3 is 1. The number of carbonyl (C=O) groups excluding carboxylic acids is 4. The van der Waals surface area contributed by atoms with Gasteiger partial charge in [0.1, 0.15) is 12.1 Å². The van der Waals surface area contributed by atoms with E-state index in [0.717, 1.165) is 22.3 Å². The summed E-state index contributed by atoms with van der Waals surface area (Å²) in [6, 6.07) is 27.9. The Morgan fingerprint density at radius 3 is 1.76 bits per heavy atom. The van der Waals surface area contributed by atoms with Crippen LogP contribution < -0.4 is 20.7 Å². The fraction of sp³-hybridized carbons (Fsp3) is 0.263. The van der Waals surface area contributed by atoms with Gasteiger partial charge in [0.25, 0.3) is 0 Å². The number of fused-ring (bicyclic) bond motifs is 6. The Labute approximate surface area is 291 Å². The predicted molar refractivity (Wildman–Crippen MR) is 188 cm³/mol. The van der Waals surface area contributed by atoms with Crippen molar-refractivity contribution in [2.45, 2.75) is 56.6 Å². The molecule has 5 rings (SSSR count). The summed E-state index contributed by atoms with van der Waals surface area (Å²) in [6.07, 6.45) is 0.284. The molecule has 11 nitrogen and oxygen atoms in total. The van der Waals surface area contributed by atoms with Crippen molar-refractivity contribution in [2.24, 2.45) is 0 Å². The van der Waals surface area contributed by atoms with E-state index < -0.39 is 34.0 Å². The molecule has 12 heteroatoms. The molecule has 0 aliphatic carbocycles. The van der Waals surface area contributed by atoms with Crippen LogP contribution in [-0.4, -0.2) is 51.3 Å². The Balaban J connectivity index is 1.46.